The topological polar surface area (TPSA) is 86.8 Å². The molecule has 7 nitrogen and oxygen atoms in total. The quantitative estimate of drug-likeness (QED) is 0.190. The molecule has 0 aliphatic heterocycles. The molecule has 45 heavy (non-hydrogen) atoms. The molecule has 0 spiro atoms. The van der Waals surface area contributed by atoms with Crippen LogP contribution < -0.4 is 9.62 Å². The molecule has 0 saturated heterocycles. The summed E-state index contributed by atoms with van der Waals surface area (Å²) in [5.74, 6) is -0.743. The maximum Gasteiger partial charge on any atom is 0.264 e. The molecular weight excluding hydrogens is 606 g/mol. The standard InChI is InChI=1S/C36H38ClN3O4S/c1-27-16-22-33(23-17-27)45(43,44)40(32-14-6-3-7-15-32)26-35(41)39(25-29-18-20-30(37)21-19-29)34(24-28-10-4-2-5-11-28)36(42)38-31-12-8-9-13-31/h2-7,10-11,14-23,31,34H,8-9,12-13,24-26H2,1H3,(H,38,42)/t34-/m0/s1. The van der Waals surface area contributed by atoms with E-state index in [-0.39, 0.29) is 29.8 Å². The van der Waals surface area contributed by atoms with Crippen LogP contribution >= 0.6 is 11.6 Å². The van der Waals surface area contributed by atoms with Gasteiger partial charge in [0.15, 0.2) is 0 Å². The number of rotatable bonds is 12. The zero-order valence-electron chi connectivity index (χ0n) is 25.3. The van der Waals surface area contributed by atoms with Crippen molar-refractivity contribution in [3.8, 4) is 0 Å². The number of hydrogen-bond acceptors (Lipinski definition) is 4. The van der Waals surface area contributed by atoms with Crippen LogP contribution in [-0.4, -0.2) is 43.8 Å². The van der Waals surface area contributed by atoms with Crippen LogP contribution in [-0.2, 0) is 32.6 Å². The first-order valence-corrected chi connectivity index (χ1v) is 17.1. The van der Waals surface area contributed by atoms with E-state index in [1.807, 2.05) is 49.4 Å². The second-order valence-corrected chi connectivity index (χ2v) is 13.8. The Hall–Kier alpha value is -4.14. The highest BCUT2D eigenvalue weighted by molar-refractivity contribution is 7.92. The van der Waals surface area contributed by atoms with E-state index in [9.17, 15) is 18.0 Å². The molecule has 1 saturated carbocycles. The number of hydrogen-bond donors (Lipinski definition) is 1. The molecule has 234 valence electrons. The summed E-state index contributed by atoms with van der Waals surface area (Å²) in [6.07, 6.45) is 4.15. The van der Waals surface area contributed by atoms with Gasteiger partial charge in [-0.25, -0.2) is 8.42 Å². The Kier molecular flexibility index (Phi) is 10.6. The minimum atomic E-state index is -4.13. The number of anilines is 1. The summed E-state index contributed by atoms with van der Waals surface area (Å²) in [6.45, 7) is 1.49. The SMILES string of the molecule is Cc1ccc(S(=O)(=O)N(CC(=O)N(Cc2ccc(Cl)cc2)[C@@H](Cc2ccccc2)C(=O)NC2CCCC2)c2ccccc2)cc1. The van der Waals surface area contributed by atoms with Crippen LogP contribution in [0.15, 0.2) is 114 Å². The number of amides is 2. The lowest BCUT2D eigenvalue weighted by Crippen LogP contribution is -2.54. The van der Waals surface area contributed by atoms with Gasteiger partial charge in [0.1, 0.15) is 12.6 Å². The van der Waals surface area contributed by atoms with Crippen molar-refractivity contribution in [3.05, 3.63) is 131 Å². The summed E-state index contributed by atoms with van der Waals surface area (Å²) in [4.78, 5) is 30.2. The molecule has 4 aromatic carbocycles. The van der Waals surface area contributed by atoms with Crippen molar-refractivity contribution in [2.45, 2.75) is 62.6 Å². The van der Waals surface area contributed by atoms with Crippen molar-refractivity contribution in [2.24, 2.45) is 0 Å². The summed E-state index contributed by atoms with van der Waals surface area (Å²) in [5, 5.41) is 3.74. The third-order valence-electron chi connectivity index (χ3n) is 8.17. The first-order valence-electron chi connectivity index (χ1n) is 15.2. The van der Waals surface area contributed by atoms with Gasteiger partial charge in [-0.05, 0) is 67.3 Å². The number of sulfonamides is 1. The molecule has 1 N–H and O–H groups in total. The number of nitrogens with one attached hydrogen (secondary N) is 1. The first kappa shape index (κ1) is 32.3. The molecule has 2 amide bonds. The molecule has 0 bridgehead atoms. The van der Waals surface area contributed by atoms with Crippen LogP contribution in [0, 0.1) is 6.92 Å². The fraction of sp³-hybridized carbons (Fsp3) is 0.278. The highest BCUT2D eigenvalue weighted by atomic mass is 35.5. The molecule has 0 aromatic heterocycles. The van der Waals surface area contributed by atoms with Gasteiger partial charge >= 0.3 is 0 Å². The minimum Gasteiger partial charge on any atom is -0.352 e. The number of benzene rings is 4. The Balaban J connectivity index is 1.54. The summed E-state index contributed by atoms with van der Waals surface area (Å²) in [7, 11) is -4.13. The number of carbonyl (C=O) groups is 2. The van der Waals surface area contributed by atoms with Gasteiger partial charge in [0.25, 0.3) is 10.0 Å². The molecule has 4 aromatic rings. The first-order chi connectivity index (χ1) is 21.7. The van der Waals surface area contributed by atoms with E-state index in [0.29, 0.717) is 10.7 Å². The van der Waals surface area contributed by atoms with E-state index in [1.54, 1.807) is 66.7 Å². The molecule has 9 heteroatoms. The van der Waals surface area contributed by atoms with Gasteiger partial charge in [0, 0.05) is 24.0 Å². The molecule has 0 heterocycles. The van der Waals surface area contributed by atoms with Gasteiger partial charge in [-0.2, -0.15) is 0 Å². The van der Waals surface area contributed by atoms with Crippen molar-refractivity contribution in [1.29, 1.82) is 0 Å². The minimum absolute atomic E-state index is 0.0472. The van der Waals surface area contributed by atoms with Crippen LogP contribution in [0.5, 0.6) is 0 Å². The zero-order chi connectivity index (χ0) is 31.8. The van der Waals surface area contributed by atoms with Gasteiger partial charge in [0.05, 0.1) is 10.6 Å². The van der Waals surface area contributed by atoms with Gasteiger partial charge in [-0.15, -0.1) is 0 Å². The summed E-state index contributed by atoms with van der Waals surface area (Å²) < 4.78 is 29.3. The van der Waals surface area contributed by atoms with Crippen LogP contribution in [0.25, 0.3) is 0 Å². The van der Waals surface area contributed by atoms with E-state index in [0.717, 1.165) is 46.7 Å². The maximum absolute atomic E-state index is 14.5. The lowest BCUT2D eigenvalue weighted by atomic mass is 10.0. The second kappa shape index (κ2) is 14.8. The van der Waals surface area contributed by atoms with Gasteiger partial charge in [-0.1, -0.05) is 103 Å². The van der Waals surface area contributed by atoms with E-state index in [1.165, 1.54) is 4.90 Å². The monoisotopic (exact) mass is 643 g/mol. The molecule has 1 atom stereocenters. The fourth-order valence-electron chi connectivity index (χ4n) is 5.67. The molecule has 0 radical (unpaired) electrons. The summed E-state index contributed by atoms with van der Waals surface area (Å²) in [5.41, 5.74) is 2.94. The van der Waals surface area contributed by atoms with Gasteiger partial charge < -0.3 is 10.2 Å². The smallest absolute Gasteiger partial charge is 0.264 e. The lowest BCUT2D eigenvalue weighted by molar-refractivity contribution is -0.140. The van der Waals surface area contributed by atoms with Crippen LogP contribution in [0.2, 0.25) is 5.02 Å². The van der Waals surface area contributed by atoms with Crippen LogP contribution in [0.4, 0.5) is 5.69 Å². The predicted octanol–water partition coefficient (Wildman–Crippen LogP) is 6.54. The number of aryl methyl sites for hydroxylation is 1. The summed E-state index contributed by atoms with van der Waals surface area (Å²) in [6, 6.07) is 31.0. The van der Waals surface area contributed by atoms with Crippen molar-refractivity contribution in [3.63, 3.8) is 0 Å². The number of nitrogens with zero attached hydrogens (tertiary/aromatic N) is 2. The molecular formula is C36H38ClN3O4S. The maximum atomic E-state index is 14.5. The lowest BCUT2D eigenvalue weighted by Gasteiger charge is -2.34. The third-order valence-corrected chi connectivity index (χ3v) is 10.2. The Morgan fingerprint density at radius 2 is 1.42 bits per heavy atom. The molecule has 1 aliphatic rings. The molecule has 0 unspecified atom stereocenters. The second-order valence-electron chi connectivity index (χ2n) is 11.5. The number of halogens is 1. The van der Waals surface area contributed by atoms with E-state index in [4.69, 9.17) is 11.6 Å². The Labute approximate surface area is 270 Å². The molecule has 1 aliphatic carbocycles. The van der Waals surface area contributed by atoms with E-state index in [2.05, 4.69) is 5.32 Å². The normalized spacial score (nSPS) is 14.1. The van der Waals surface area contributed by atoms with Crippen molar-refractivity contribution in [1.82, 2.24) is 10.2 Å². The van der Waals surface area contributed by atoms with E-state index < -0.39 is 28.5 Å². The Morgan fingerprint density at radius 3 is 2.04 bits per heavy atom. The highest BCUT2D eigenvalue weighted by Gasteiger charge is 2.35. The highest BCUT2D eigenvalue weighted by Crippen LogP contribution is 2.26. The van der Waals surface area contributed by atoms with Gasteiger partial charge in [-0.3, -0.25) is 13.9 Å². The number of carbonyl (C=O) groups excluding carboxylic acids is 2. The zero-order valence-corrected chi connectivity index (χ0v) is 26.9. The van der Waals surface area contributed by atoms with Crippen molar-refractivity contribution >= 4 is 39.1 Å². The average molecular weight is 644 g/mol. The Bertz CT molecular complexity index is 1680. The summed E-state index contributed by atoms with van der Waals surface area (Å²) >= 11 is 6.16. The molecule has 5 rings (SSSR count). The van der Waals surface area contributed by atoms with E-state index >= 15 is 0 Å². The van der Waals surface area contributed by atoms with Crippen molar-refractivity contribution < 1.29 is 18.0 Å². The fourth-order valence-corrected chi connectivity index (χ4v) is 7.21. The largest absolute Gasteiger partial charge is 0.352 e. The predicted molar refractivity (Wildman–Crippen MR) is 178 cm³/mol. The Morgan fingerprint density at radius 1 is 0.822 bits per heavy atom. The average Bonchev–Trinajstić information content (AvgIpc) is 3.56. The van der Waals surface area contributed by atoms with Crippen LogP contribution in [0.3, 0.4) is 0 Å². The van der Waals surface area contributed by atoms with Gasteiger partial charge in [0.2, 0.25) is 11.8 Å². The van der Waals surface area contributed by atoms with Crippen molar-refractivity contribution in [2.75, 3.05) is 10.8 Å². The third kappa shape index (κ3) is 8.32. The van der Waals surface area contributed by atoms with Crippen LogP contribution in [0.1, 0.15) is 42.4 Å². The number of para-hydroxylation sites is 1. The molecule has 1 fully saturated rings.